The number of ether oxygens (including phenoxy) is 1. The standard InChI is InChI=1S/C17H17FN2O2/c1-10(2)22-15-5-3-4-12(18)17(15)11-6-7-13-14(8-11)20-16(9-21)19-13/h3-8,10,21H,9H2,1-2H3,(H,19,20). The molecule has 114 valence electrons. The minimum Gasteiger partial charge on any atom is -0.490 e. The lowest BCUT2D eigenvalue weighted by Crippen LogP contribution is -2.07. The number of rotatable bonds is 4. The summed E-state index contributed by atoms with van der Waals surface area (Å²) in [6.45, 7) is 3.64. The third-order valence-corrected chi connectivity index (χ3v) is 3.31. The molecule has 3 aromatic rings. The maximum absolute atomic E-state index is 14.3. The van der Waals surface area contributed by atoms with E-state index in [-0.39, 0.29) is 18.5 Å². The maximum Gasteiger partial charge on any atom is 0.134 e. The van der Waals surface area contributed by atoms with Crippen molar-refractivity contribution >= 4 is 11.0 Å². The minimum absolute atomic E-state index is 0.0440. The highest BCUT2D eigenvalue weighted by atomic mass is 19.1. The van der Waals surface area contributed by atoms with E-state index in [9.17, 15) is 4.39 Å². The molecule has 0 aliphatic carbocycles. The number of fused-ring (bicyclic) bond motifs is 1. The van der Waals surface area contributed by atoms with Crippen LogP contribution in [-0.2, 0) is 6.61 Å². The first-order chi connectivity index (χ1) is 10.6. The van der Waals surface area contributed by atoms with Crippen molar-refractivity contribution in [3.05, 3.63) is 48.0 Å². The number of aliphatic hydroxyl groups excluding tert-OH is 1. The molecular formula is C17H17FN2O2. The van der Waals surface area contributed by atoms with Gasteiger partial charge in [0, 0.05) is 0 Å². The van der Waals surface area contributed by atoms with Crippen LogP contribution in [0.15, 0.2) is 36.4 Å². The Kier molecular flexibility index (Phi) is 3.81. The van der Waals surface area contributed by atoms with Gasteiger partial charge in [0.15, 0.2) is 0 Å². The Labute approximate surface area is 127 Å². The lowest BCUT2D eigenvalue weighted by atomic mass is 10.0. The summed E-state index contributed by atoms with van der Waals surface area (Å²) in [5.74, 6) is 0.662. The van der Waals surface area contributed by atoms with Gasteiger partial charge in [0.1, 0.15) is 24.0 Å². The van der Waals surface area contributed by atoms with E-state index in [2.05, 4.69) is 9.97 Å². The Hall–Kier alpha value is -2.40. The van der Waals surface area contributed by atoms with Gasteiger partial charge in [0.2, 0.25) is 0 Å². The maximum atomic E-state index is 14.3. The van der Waals surface area contributed by atoms with E-state index in [1.165, 1.54) is 6.07 Å². The van der Waals surface area contributed by atoms with Crippen molar-refractivity contribution in [3.8, 4) is 16.9 Å². The fourth-order valence-corrected chi connectivity index (χ4v) is 2.43. The van der Waals surface area contributed by atoms with Crippen molar-refractivity contribution in [1.82, 2.24) is 9.97 Å². The van der Waals surface area contributed by atoms with Crippen molar-refractivity contribution in [2.24, 2.45) is 0 Å². The van der Waals surface area contributed by atoms with Gasteiger partial charge in [-0.2, -0.15) is 0 Å². The van der Waals surface area contributed by atoms with E-state index < -0.39 is 0 Å². The molecular weight excluding hydrogens is 283 g/mol. The molecule has 0 aliphatic heterocycles. The number of hydrogen-bond donors (Lipinski definition) is 2. The number of hydrogen-bond acceptors (Lipinski definition) is 3. The van der Waals surface area contributed by atoms with Crippen LogP contribution in [0, 0.1) is 5.82 Å². The molecule has 2 aromatic carbocycles. The first kappa shape index (κ1) is 14.5. The molecule has 3 rings (SSSR count). The van der Waals surface area contributed by atoms with Crippen molar-refractivity contribution in [3.63, 3.8) is 0 Å². The quantitative estimate of drug-likeness (QED) is 0.773. The highest BCUT2D eigenvalue weighted by molar-refractivity contribution is 5.83. The first-order valence-electron chi connectivity index (χ1n) is 7.13. The number of aliphatic hydroxyl groups is 1. The monoisotopic (exact) mass is 300 g/mol. The van der Waals surface area contributed by atoms with Crippen LogP contribution in [-0.4, -0.2) is 21.2 Å². The predicted octanol–water partition coefficient (Wildman–Crippen LogP) is 3.65. The SMILES string of the molecule is CC(C)Oc1cccc(F)c1-c1ccc2nc(CO)[nH]c2c1. The number of aromatic nitrogens is 2. The van der Waals surface area contributed by atoms with Crippen LogP contribution in [0.3, 0.4) is 0 Å². The van der Waals surface area contributed by atoms with E-state index >= 15 is 0 Å². The summed E-state index contributed by atoms with van der Waals surface area (Å²) in [5.41, 5.74) is 2.61. The zero-order chi connectivity index (χ0) is 15.7. The van der Waals surface area contributed by atoms with Gasteiger partial charge in [-0.05, 0) is 43.7 Å². The zero-order valence-corrected chi connectivity index (χ0v) is 12.4. The van der Waals surface area contributed by atoms with Gasteiger partial charge in [0.05, 0.1) is 22.7 Å². The highest BCUT2D eigenvalue weighted by Gasteiger charge is 2.14. The van der Waals surface area contributed by atoms with Gasteiger partial charge in [0.25, 0.3) is 0 Å². The number of H-pyrrole nitrogens is 1. The fraction of sp³-hybridized carbons (Fsp3) is 0.235. The molecule has 0 spiro atoms. The molecule has 0 atom stereocenters. The van der Waals surface area contributed by atoms with E-state index in [0.29, 0.717) is 22.7 Å². The topological polar surface area (TPSA) is 58.1 Å². The Balaban J connectivity index is 2.13. The predicted molar refractivity (Wildman–Crippen MR) is 83.2 cm³/mol. The average molecular weight is 300 g/mol. The van der Waals surface area contributed by atoms with Crippen LogP contribution in [0.4, 0.5) is 4.39 Å². The Morgan fingerprint density at radius 3 is 2.82 bits per heavy atom. The number of aromatic amines is 1. The lowest BCUT2D eigenvalue weighted by Gasteiger charge is -2.15. The van der Waals surface area contributed by atoms with E-state index in [1.807, 2.05) is 19.9 Å². The molecule has 0 fully saturated rings. The number of imidazole rings is 1. The van der Waals surface area contributed by atoms with Crippen LogP contribution in [0.2, 0.25) is 0 Å². The Morgan fingerprint density at radius 1 is 1.27 bits per heavy atom. The van der Waals surface area contributed by atoms with Gasteiger partial charge in [-0.3, -0.25) is 0 Å². The lowest BCUT2D eigenvalue weighted by molar-refractivity contribution is 0.242. The largest absolute Gasteiger partial charge is 0.490 e. The van der Waals surface area contributed by atoms with Crippen LogP contribution in [0.25, 0.3) is 22.2 Å². The number of halogens is 1. The molecule has 1 aromatic heterocycles. The first-order valence-corrected chi connectivity index (χ1v) is 7.13. The minimum atomic E-state index is -0.334. The summed E-state index contributed by atoms with van der Waals surface area (Å²) in [6, 6.07) is 10.2. The van der Waals surface area contributed by atoms with Crippen molar-refractivity contribution in [1.29, 1.82) is 0 Å². The molecule has 5 heteroatoms. The normalized spacial score (nSPS) is 11.3. The molecule has 0 saturated carbocycles. The van der Waals surface area contributed by atoms with Crippen molar-refractivity contribution in [2.45, 2.75) is 26.6 Å². The number of benzene rings is 2. The van der Waals surface area contributed by atoms with Gasteiger partial charge in [-0.25, -0.2) is 9.37 Å². The van der Waals surface area contributed by atoms with Gasteiger partial charge < -0.3 is 14.8 Å². The molecule has 0 unspecified atom stereocenters. The molecule has 2 N–H and O–H groups in total. The molecule has 22 heavy (non-hydrogen) atoms. The second-order valence-electron chi connectivity index (χ2n) is 5.35. The Bertz CT molecular complexity index is 812. The molecule has 0 saturated heterocycles. The fourth-order valence-electron chi connectivity index (χ4n) is 2.43. The number of nitrogens with one attached hydrogen (secondary N) is 1. The van der Waals surface area contributed by atoms with Gasteiger partial charge in [-0.1, -0.05) is 12.1 Å². The van der Waals surface area contributed by atoms with E-state index in [1.54, 1.807) is 24.3 Å². The summed E-state index contributed by atoms with van der Waals surface area (Å²) in [4.78, 5) is 7.24. The second kappa shape index (κ2) is 5.77. The third-order valence-electron chi connectivity index (χ3n) is 3.31. The average Bonchev–Trinajstić information content (AvgIpc) is 2.89. The summed E-state index contributed by atoms with van der Waals surface area (Å²) in [5, 5.41) is 9.14. The molecule has 0 bridgehead atoms. The summed E-state index contributed by atoms with van der Waals surface area (Å²) < 4.78 is 20.0. The summed E-state index contributed by atoms with van der Waals surface area (Å²) in [6.07, 6.45) is -0.0440. The van der Waals surface area contributed by atoms with Crippen molar-refractivity contribution in [2.75, 3.05) is 0 Å². The smallest absolute Gasteiger partial charge is 0.134 e. The number of nitrogens with zero attached hydrogens (tertiary/aromatic N) is 1. The third kappa shape index (κ3) is 2.67. The van der Waals surface area contributed by atoms with Crippen LogP contribution in [0.1, 0.15) is 19.7 Å². The van der Waals surface area contributed by atoms with Gasteiger partial charge in [-0.15, -0.1) is 0 Å². The highest BCUT2D eigenvalue weighted by Crippen LogP contribution is 2.34. The van der Waals surface area contributed by atoms with Crippen LogP contribution >= 0.6 is 0 Å². The molecule has 0 aliphatic rings. The van der Waals surface area contributed by atoms with Gasteiger partial charge >= 0.3 is 0 Å². The molecule has 1 heterocycles. The summed E-state index contributed by atoms with van der Waals surface area (Å²) in [7, 11) is 0. The molecule has 0 radical (unpaired) electrons. The van der Waals surface area contributed by atoms with E-state index in [0.717, 1.165) is 11.0 Å². The van der Waals surface area contributed by atoms with Crippen molar-refractivity contribution < 1.29 is 14.2 Å². The second-order valence-corrected chi connectivity index (χ2v) is 5.35. The van der Waals surface area contributed by atoms with Crippen LogP contribution in [0.5, 0.6) is 5.75 Å². The van der Waals surface area contributed by atoms with E-state index in [4.69, 9.17) is 9.84 Å². The summed E-state index contributed by atoms with van der Waals surface area (Å²) >= 11 is 0. The van der Waals surface area contributed by atoms with Crippen LogP contribution < -0.4 is 4.74 Å². The molecule has 4 nitrogen and oxygen atoms in total. The molecule has 0 amide bonds. The Morgan fingerprint density at radius 2 is 2.09 bits per heavy atom. The zero-order valence-electron chi connectivity index (χ0n) is 12.4.